The van der Waals surface area contributed by atoms with Crippen molar-refractivity contribution in [1.82, 2.24) is 9.88 Å². The third-order valence-electron chi connectivity index (χ3n) is 3.80. The van der Waals surface area contributed by atoms with Gasteiger partial charge in [0.2, 0.25) is 0 Å². The molecule has 0 unspecified atom stereocenters. The third kappa shape index (κ3) is 4.31. The first-order valence-electron chi connectivity index (χ1n) is 7.02. The maximum atomic E-state index is 10.7. The number of aromatic carboxylic acids is 1. The normalized spacial score (nSPS) is 16.7. The molecular formula is C15H22N2O2. The molecule has 0 aromatic carbocycles. The fourth-order valence-corrected chi connectivity index (χ4v) is 2.80. The topological polar surface area (TPSA) is 53.4 Å². The van der Waals surface area contributed by atoms with Gasteiger partial charge in [-0.2, -0.15) is 0 Å². The molecule has 1 aliphatic rings. The molecule has 19 heavy (non-hydrogen) atoms. The lowest BCUT2D eigenvalue weighted by atomic mass is 9.89. The number of hydrogen-bond donors (Lipinski definition) is 1. The average molecular weight is 262 g/mol. The first-order valence-corrected chi connectivity index (χ1v) is 7.02. The van der Waals surface area contributed by atoms with Crippen molar-refractivity contribution in [3.8, 4) is 0 Å². The minimum Gasteiger partial charge on any atom is -0.478 e. The molecule has 1 fully saturated rings. The van der Waals surface area contributed by atoms with Crippen LogP contribution in [-0.4, -0.2) is 34.6 Å². The zero-order valence-corrected chi connectivity index (χ0v) is 11.5. The van der Waals surface area contributed by atoms with Crippen molar-refractivity contribution >= 4 is 5.97 Å². The molecule has 104 valence electrons. The molecule has 1 saturated carbocycles. The van der Waals surface area contributed by atoms with E-state index in [0.29, 0.717) is 0 Å². The lowest BCUT2D eigenvalue weighted by Crippen LogP contribution is -2.27. The Balaban J connectivity index is 1.83. The molecule has 0 amide bonds. The van der Waals surface area contributed by atoms with Gasteiger partial charge in [-0.15, -0.1) is 0 Å². The Kier molecular flexibility index (Phi) is 4.91. The molecule has 0 radical (unpaired) electrons. The molecule has 1 aromatic heterocycles. The number of carboxylic acids is 1. The highest BCUT2D eigenvalue weighted by Crippen LogP contribution is 2.24. The van der Waals surface area contributed by atoms with Gasteiger partial charge in [-0.25, -0.2) is 4.79 Å². The zero-order valence-electron chi connectivity index (χ0n) is 11.5. The number of aromatic nitrogens is 1. The second kappa shape index (κ2) is 6.66. The Hall–Kier alpha value is -1.42. The van der Waals surface area contributed by atoms with E-state index in [-0.39, 0.29) is 5.56 Å². The van der Waals surface area contributed by atoms with Gasteiger partial charge in [-0.1, -0.05) is 19.3 Å². The number of pyridine rings is 1. The van der Waals surface area contributed by atoms with Gasteiger partial charge in [-0.05, 0) is 37.9 Å². The highest BCUT2D eigenvalue weighted by Gasteiger charge is 2.15. The van der Waals surface area contributed by atoms with E-state index < -0.39 is 5.97 Å². The summed E-state index contributed by atoms with van der Waals surface area (Å²) in [6.07, 6.45) is 8.24. The van der Waals surface area contributed by atoms with Crippen molar-refractivity contribution in [1.29, 1.82) is 0 Å². The van der Waals surface area contributed by atoms with E-state index in [1.807, 2.05) is 0 Å². The minimum atomic E-state index is -0.922. The summed E-state index contributed by atoms with van der Waals surface area (Å²) in [5.74, 6) is -0.105. The lowest BCUT2D eigenvalue weighted by molar-refractivity contribution is 0.0696. The lowest BCUT2D eigenvalue weighted by Gasteiger charge is -2.26. The summed E-state index contributed by atoms with van der Waals surface area (Å²) in [6.45, 7) is 1.90. The van der Waals surface area contributed by atoms with Gasteiger partial charge in [0.1, 0.15) is 0 Å². The standard InChI is InChI=1S/C15H22N2O2/c1-17(10-12-5-3-2-4-6-12)11-14-8-7-13(9-16-14)15(18)19/h7-9,12H,2-6,10-11H2,1H3,(H,18,19). The Morgan fingerprint density at radius 3 is 2.68 bits per heavy atom. The maximum absolute atomic E-state index is 10.7. The summed E-state index contributed by atoms with van der Waals surface area (Å²) in [4.78, 5) is 17.2. The number of carbonyl (C=O) groups is 1. The van der Waals surface area contributed by atoms with E-state index in [1.165, 1.54) is 38.3 Å². The smallest absolute Gasteiger partial charge is 0.337 e. The van der Waals surface area contributed by atoms with Crippen molar-refractivity contribution in [2.45, 2.75) is 38.6 Å². The van der Waals surface area contributed by atoms with E-state index in [1.54, 1.807) is 12.1 Å². The molecule has 0 aliphatic heterocycles. The third-order valence-corrected chi connectivity index (χ3v) is 3.80. The summed E-state index contributed by atoms with van der Waals surface area (Å²) >= 11 is 0. The van der Waals surface area contributed by atoms with Crippen molar-refractivity contribution < 1.29 is 9.90 Å². The van der Waals surface area contributed by atoms with Gasteiger partial charge in [-0.3, -0.25) is 4.98 Å². The van der Waals surface area contributed by atoms with Gasteiger partial charge in [0.05, 0.1) is 11.3 Å². The van der Waals surface area contributed by atoms with Crippen LogP contribution in [0, 0.1) is 5.92 Å². The predicted molar refractivity (Wildman–Crippen MR) is 74.1 cm³/mol. The highest BCUT2D eigenvalue weighted by atomic mass is 16.4. The molecule has 0 spiro atoms. The SMILES string of the molecule is CN(Cc1ccc(C(=O)O)cn1)CC1CCCCC1. The van der Waals surface area contributed by atoms with E-state index in [9.17, 15) is 4.79 Å². The van der Waals surface area contributed by atoms with Crippen LogP contribution in [0.5, 0.6) is 0 Å². The first kappa shape index (κ1) is 14.0. The average Bonchev–Trinajstić information content (AvgIpc) is 2.40. The zero-order chi connectivity index (χ0) is 13.7. The molecule has 1 N–H and O–H groups in total. The Morgan fingerprint density at radius 1 is 1.37 bits per heavy atom. The van der Waals surface area contributed by atoms with Crippen LogP contribution in [0.1, 0.15) is 48.2 Å². The number of hydrogen-bond acceptors (Lipinski definition) is 3. The minimum absolute atomic E-state index is 0.249. The van der Waals surface area contributed by atoms with Gasteiger partial charge in [0.15, 0.2) is 0 Å². The molecule has 0 saturated heterocycles. The molecule has 1 heterocycles. The van der Waals surface area contributed by atoms with Crippen LogP contribution in [0.2, 0.25) is 0 Å². The number of carboxylic acid groups (broad SMARTS) is 1. The largest absolute Gasteiger partial charge is 0.478 e. The summed E-state index contributed by atoms with van der Waals surface area (Å²) < 4.78 is 0. The van der Waals surface area contributed by atoms with Crippen molar-refractivity contribution in [2.24, 2.45) is 5.92 Å². The maximum Gasteiger partial charge on any atom is 0.337 e. The van der Waals surface area contributed by atoms with Crippen LogP contribution < -0.4 is 0 Å². The van der Waals surface area contributed by atoms with Crippen LogP contribution in [0.3, 0.4) is 0 Å². The van der Waals surface area contributed by atoms with Gasteiger partial charge < -0.3 is 10.0 Å². The number of nitrogens with zero attached hydrogens (tertiary/aromatic N) is 2. The predicted octanol–water partition coefficient (Wildman–Crippen LogP) is 2.79. The molecule has 4 heteroatoms. The molecule has 0 atom stereocenters. The van der Waals surface area contributed by atoms with Crippen molar-refractivity contribution in [2.75, 3.05) is 13.6 Å². The van der Waals surface area contributed by atoms with Crippen molar-refractivity contribution in [3.63, 3.8) is 0 Å². The van der Waals surface area contributed by atoms with Crippen LogP contribution in [-0.2, 0) is 6.54 Å². The monoisotopic (exact) mass is 262 g/mol. The Bertz CT molecular complexity index is 411. The molecule has 1 aromatic rings. The first-order chi connectivity index (χ1) is 9.15. The molecule has 1 aliphatic carbocycles. The van der Waals surface area contributed by atoms with E-state index in [4.69, 9.17) is 5.11 Å². The fourth-order valence-electron chi connectivity index (χ4n) is 2.80. The second-order valence-electron chi connectivity index (χ2n) is 5.54. The van der Waals surface area contributed by atoms with Crippen LogP contribution >= 0.6 is 0 Å². The highest BCUT2D eigenvalue weighted by molar-refractivity contribution is 5.87. The molecule has 2 rings (SSSR count). The fraction of sp³-hybridized carbons (Fsp3) is 0.600. The van der Waals surface area contributed by atoms with E-state index in [2.05, 4.69) is 16.9 Å². The summed E-state index contributed by atoms with van der Waals surface area (Å²) in [6, 6.07) is 3.43. The summed E-state index contributed by atoms with van der Waals surface area (Å²) in [7, 11) is 2.11. The van der Waals surface area contributed by atoms with Crippen LogP contribution in [0.25, 0.3) is 0 Å². The van der Waals surface area contributed by atoms with Gasteiger partial charge >= 0.3 is 5.97 Å². The molecule has 0 bridgehead atoms. The molecular weight excluding hydrogens is 240 g/mol. The van der Waals surface area contributed by atoms with Gasteiger partial charge in [0, 0.05) is 19.3 Å². The summed E-state index contributed by atoms with van der Waals surface area (Å²) in [5.41, 5.74) is 1.18. The number of rotatable bonds is 5. The van der Waals surface area contributed by atoms with Crippen LogP contribution in [0.15, 0.2) is 18.3 Å². The summed E-state index contributed by atoms with van der Waals surface area (Å²) in [5, 5.41) is 8.82. The van der Waals surface area contributed by atoms with E-state index >= 15 is 0 Å². The van der Waals surface area contributed by atoms with Crippen LogP contribution in [0.4, 0.5) is 0 Å². The Labute approximate surface area is 114 Å². The quantitative estimate of drug-likeness (QED) is 0.886. The van der Waals surface area contributed by atoms with Gasteiger partial charge in [0.25, 0.3) is 0 Å². The van der Waals surface area contributed by atoms with E-state index in [0.717, 1.165) is 24.7 Å². The Morgan fingerprint density at radius 2 is 2.11 bits per heavy atom. The van der Waals surface area contributed by atoms with Crippen molar-refractivity contribution in [3.05, 3.63) is 29.6 Å². The molecule has 4 nitrogen and oxygen atoms in total. The second-order valence-corrected chi connectivity index (χ2v) is 5.54.